The minimum absolute atomic E-state index is 0.0799. The second kappa shape index (κ2) is 12.3. The second-order valence-corrected chi connectivity index (χ2v) is 7.88. The van der Waals surface area contributed by atoms with Gasteiger partial charge in [-0.15, -0.1) is 0 Å². The van der Waals surface area contributed by atoms with E-state index in [4.69, 9.17) is 5.11 Å². The summed E-state index contributed by atoms with van der Waals surface area (Å²) in [5.41, 5.74) is -0.848. The summed E-state index contributed by atoms with van der Waals surface area (Å²) in [5.74, 6) is -1.04. The molecule has 0 bridgehead atoms. The van der Waals surface area contributed by atoms with E-state index in [1.807, 2.05) is 31.2 Å². The number of unbranched alkanes of at least 4 members (excludes halogenated alkanes) is 3. The number of allylic oxidation sites excluding steroid dienone is 2. The molecule has 0 aliphatic heterocycles. The van der Waals surface area contributed by atoms with Gasteiger partial charge in [0.2, 0.25) is 0 Å². The van der Waals surface area contributed by atoms with E-state index in [0.29, 0.717) is 38.5 Å². The monoisotopic (exact) mass is 382 g/mol. The number of aliphatic hydroxyl groups excluding tert-OH is 2. The topological polar surface area (TPSA) is 98.0 Å². The summed E-state index contributed by atoms with van der Waals surface area (Å²) in [7, 11) is 0. The van der Waals surface area contributed by atoms with Crippen molar-refractivity contribution in [2.24, 2.45) is 11.8 Å². The Hall–Kier alpha value is -1.17. The predicted molar refractivity (Wildman–Crippen MR) is 107 cm³/mol. The quantitative estimate of drug-likeness (QED) is 0.287. The van der Waals surface area contributed by atoms with Gasteiger partial charge in [0.05, 0.1) is 17.8 Å². The van der Waals surface area contributed by atoms with Crippen molar-refractivity contribution < 1.29 is 25.2 Å². The number of carboxylic acids is 1. The fourth-order valence-corrected chi connectivity index (χ4v) is 3.80. The van der Waals surface area contributed by atoms with Gasteiger partial charge in [0, 0.05) is 18.8 Å². The van der Waals surface area contributed by atoms with Gasteiger partial charge >= 0.3 is 5.97 Å². The summed E-state index contributed by atoms with van der Waals surface area (Å²) in [6, 6.07) is 0. The Kier molecular flexibility index (Phi) is 10.9. The molecule has 4 N–H and O–H groups in total. The van der Waals surface area contributed by atoms with Crippen molar-refractivity contribution in [3.8, 4) is 0 Å². The number of hydrogen-bond acceptors (Lipinski definition) is 4. The Morgan fingerprint density at radius 2 is 1.85 bits per heavy atom. The molecule has 0 unspecified atom stereocenters. The van der Waals surface area contributed by atoms with Crippen LogP contribution >= 0.6 is 0 Å². The number of rotatable bonds is 13. The van der Waals surface area contributed by atoms with Crippen LogP contribution in [-0.4, -0.2) is 44.2 Å². The van der Waals surface area contributed by atoms with Crippen LogP contribution in [0.15, 0.2) is 24.3 Å². The average molecular weight is 383 g/mol. The zero-order valence-corrected chi connectivity index (χ0v) is 16.9. The van der Waals surface area contributed by atoms with E-state index < -0.39 is 23.8 Å². The van der Waals surface area contributed by atoms with Crippen molar-refractivity contribution in [2.75, 3.05) is 0 Å². The van der Waals surface area contributed by atoms with E-state index in [2.05, 4.69) is 6.92 Å². The molecule has 0 amide bonds. The highest BCUT2D eigenvalue weighted by molar-refractivity contribution is 5.66. The van der Waals surface area contributed by atoms with Crippen LogP contribution in [-0.2, 0) is 4.79 Å². The first-order chi connectivity index (χ1) is 12.8. The Labute approximate surface area is 163 Å². The van der Waals surface area contributed by atoms with Gasteiger partial charge in [-0.25, -0.2) is 0 Å². The molecule has 0 aromatic carbocycles. The molecule has 0 saturated heterocycles. The summed E-state index contributed by atoms with van der Waals surface area (Å²) in [6.07, 6.45) is 13.5. The first kappa shape index (κ1) is 23.9. The first-order valence-corrected chi connectivity index (χ1v) is 10.5. The Balaban J connectivity index is 2.63. The van der Waals surface area contributed by atoms with Crippen LogP contribution in [0.3, 0.4) is 0 Å². The van der Waals surface area contributed by atoms with Crippen molar-refractivity contribution in [2.45, 2.75) is 95.9 Å². The fraction of sp³-hybridized carbons (Fsp3) is 0.773. The van der Waals surface area contributed by atoms with Gasteiger partial charge in [0.1, 0.15) is 0 Å². The van der Waals surface area contributed by atoms with Gasteiger partial charge in [-0.2, -0.15) is 0 Å². The third-order valence-corrected chi connectivity index (χ3v) is 5.71. The van der Waals surface area contributed by atoms with Gasteiger partial charge in [0.15, 0.2) is 0 Å². The van der Waals surface area contributed by atoms with Crippen molar-refractivity contribution in [1.29, 1.82) is 0 Å². The molecule has 0 radical (unpaired) electrons. The largest absolute Gasteiger partial charge is 0.481 e. The maximum Gasteiger partial charge on any atom is 0.303 e. The molecule has 156 valence electrons. The molecule has 1 fully saturated rings. The Morgan fingerprint density at radius 3 is 2.48 bits per heavy atom. The maximum atomic E-state index is 10.8. The fourth-order valence-electron chi connectivity index (χ4n) is 3.80. The molecule has 1 saturated carbocycles. The number of aliphatic hydroxyl groups is 3. The average Bonchev–Trinajstić information content (AvgIpc) is 2.89. The highest BCUT2D eigenvalue weighted by Gasteiger charge is 2.39. The van der Waals surface area contributed by atoms with Crippen molar-refractivity contribution in [3.05, 3.63) is 24.3 Å². The van der Waals surface area contributed by atoms with Gasteiger partial charge in [-0.3, -0.25) is 4.79 Å². The second-order valence-electron chi connectivity index (χ2n) is 7.88. The molecule has 1 aliphatic carbocycles. The number of aliphatic carboxylic acids is 1. The normalized spacial score (nSPS) is 28.2. The molecule has 1 rings (SSSR count). The summed E-state index contributed by atoms with van der Waals surface area (Å²) in [4.78, 5) is 10.5. The lowest BCUT2D eigenvalue weighted by Crippen LogP contribution is -2.26. The molecule has 27 heavy (non-hydrogen) atoms. The highest BCUT2D eigenvalue weighted by Crippen LogP contribution is 2.37. The van der Waals surface area contributed by atoms with E-state index in [1.54, 1.807) is 0 Å². The van der Waals surface area contributed by atoms with Crippen LogP contribution < -0.4 is 0 Å². The molecule has 5 atom stereocenters. The van der Waals surface area contributed by atoms with Crippen LogP contribution in [0.25, 0.3) is 0 Å². The first-order valence-electron chi connectivity index (χ1n) is 10.5. The van der Waals surface area contributed by atoms with Crippen LogP contribution in [0.4, 0.5) is 0 Å². The lowest BCUT2D eigenvalue weighted by Gasteiger charge is -2.25. The Morgan fingerprint density at radius 1 is 1.11 bits per heavy atom. The van der Waals surface area contributed by atoms with Gasteiger partial charge in [0.25, 0.3) is 0 Å². The molecule has 0 spiro atoms. The lowest BCUT2D eigenvalue weighted by atomic mass is 9.86. The summed E-state index contributed by atoms with van der Waals surface area (Å²) < 4.78 is 0. The van der Waals surface area contributed by atoms with Crippen LogP contribution in [0.2, 0.25) is 0 Å². The lowest BCUT2D eigenvalue weighted by molar-refractivity contribution is -0.137. The van der Waals surface area contributed by atoms with Crippen molar-refractivity contribution >= 4 is 5.97 Å². The predicted octanol–water partition coefficient (Wildman–Crippen LogP) is 3.82. The van der Waals surface area contributed by atoms with Gasteiger partial charge < -0.3 is 20.4 Å². The van der Waals surface area contributed by atoms with Crippen LogP contribution in [0.1, 0.15) is 78.1 Å². The maximum absolute atomic E-state index is 10.8. The minimum atomic E-state index is -0.848. The molecule has 5 nitrogen and oxygen atoms in total. The molecule has 1 aliphatic rings. The van der Waals surface area contributed by atoms with E-state index >= 15 is 0 Å². The highest BCUT2D eigenvalue weighted by atomic mass is 16.4. The van der Waals surface area contributed by atoms with E-state index in [9.17, 15) is 20.1 Å². The zero-order valence-electron chi connectivity index (χ0n) is 16.9. The Bertz CT molecular complexity index is 487. The SMILES string of the molecule is CCCCC[C@@](O)(/C=C/[C@@H]1[C@@H](C/C=C\CCCC(=O)O)[C@@H](O)C[C@H]1O)CC. The third-order valence-electron chi connectivity index (χ3n) is 5.71. The third kappa shape index (κ3) is 8.58. The molecule has 0 heterocycles. The zero-order chi connectivity index (χ0) is 20.3. The van der Waals surface area contributed by atoms with Gasteiger partial charge in [-0.05, 0) is 38.0 Å². The number of carboxylic acid groups (broad SMARTS) is 1. The standard InChI is InChI=1S/C22H38O5/c1-3-5-10-14-22(27,4-2)15-13-18-17(19(23)16-20(18)24)11-8-6-7-9-12-21(25)26/h6,8,13,15,17-20,23-24,27H,3-5,7,9-12,14,16H2,1-2H3,(H,25,26)/b8-6-,15-13+/t17-,18-,19+,20-,22-/m1/s1. The summed E-state index contributed by atoms with van der Waals surface area (Å²) in [5, 5.41) is 40.0. The number of hydrogen-bond donors (Lipinski definition) is 4. The molecule has 0 aromatic rings. The smallest absolute Gasteiger partial charge is 0.303 e. The van der Waals surface area contributed by atoms with Crippen LogP contribution in [0.5, 0.6) is 0 Å². The molecule has 0 aromatic heterocycles. The summed E-state index contributed by atoms with van der Waals surface area (Å²) >= 11 is 0. The molecule has 5 heteroatoms. The van der Waals surface area contributed by atoms with E-state index in [0.717, 1.165) is 19.3 Å². The van der Waals surface area contributed by atoms with E-state index in [1.165, 1.54) is 0 Å². The van der Waals surface area contributed by atoms with Crippen LogP contribution in [0, 0.1) is 11.8 Å². The molecular weight excluding hydrogens is 344 g/mol. The van der Waals surface area contributed by atoms with Crippen molar-refractivity contribution in [3.63, 3.8) is 0 Å². The number of carbonyl (C=O) groups is 1. The summed E-state index contributed by atoms with van der Waals surface area (Å²) in [6.45, 7) is 4.10. The molecular formula is C22H38O5. The van der Waals surface area contributed by atoms with Gasteiger partial charge in [-0.1, -0.05) is 57.4 Å². The minimum Gasteiger partial charge on any atom is -0.481 e. The van der Waals surface area contributed by atoms with E-state index in [-0.39, 0.29) is 18.3 Å². The van der Waals surface area contributed by atoms with Crippen molar-refractivity contribution in [1.82, 2.24) is 0 Å².